The van der Waals surface area contributed by atoms with Crippen molar-refractivity contribution in [1.82, 2.24) is 0 Å². The summed E-state index contributed by atoms with van der Waals surface area (Å²) in [5, 5.41) is 0. The first-order valence-electron chi connectivity index (χ1n) is 7.80. The second kappa shape index (κ2) is 6.19. The predicted molar refractivity (Wildman–Crippen MR) is 95.9 cm³/mol. The van der Waals surface area contributed by atoms with E-state index in [0.29, 0.717) is 10.9 Å². The van der Waals surface area contributed by atoms with Gasteiger partial charge in [-0.25, -0.2) is 0 Å². The zero-order chi connectivity index (χ0) is 14.9. The van der Waals surface area contributed by atoms with Crippen LogP contribution in [-0.4, -0.2) is 31.3 Å². The average molecular weight is 330 g/mol. The number of rotatable bonds is 2. The maximum Gasteiger partial charge on any atom is 0.156 e. The summed E-state index contributed by atoms with van der Waals surface area (Å²) in [6.45, 7) is 5.06. The monoisotopic (exact) mass is 330 g/mol. The number of hydrogen-bond acceptors (Lipinski definition) is 3. The molecule has 0 saturated carbocycles. The van der Waals surface area contributed by atoms with E-state index < -0.39 is 0 Å². The van der Waals surface area contributed by atoms with Crippen LogP contribution in [0.15, 0.2) is 57.2 Å². The molecule has 0 radical (unpaired) electrons. The van der Waals surface area contributed by atoms with Crippen LogP contribution in [-0.2, 0) is 15.6 Å². The van der Waals surface area contributed by atoms with Gasteiger partial charge in [0.1, 0.15) is 11.5 Å². The van der Waals surface area contributed by atoms with Gasteiger partial charge in [-0.05, 0) is 31.2 Å². The largest absolute Gasteiger partial charge is 0.372 e. The minimum atomic E-state index is 0.366. The van der Waals surface area contributed by atoms with Gasteiger partial charge in [0.15, 0.2) is 4.90 Å². The third-order valence-electron chi connectivity index (χ3n) is 4.20. The Labute approximate surface area is 139 Å². The van der Waals surface area contributed by atoms with Crippen molar-refractivity contribution in [2.75, 3.05) is 36.2 Å². The van der Waals surface area contributed by atoms with E-state index in [1.807, 2.05) is 11.8 Å². The first-order valence-corrected chi connectivity index (χ1v) is 10.2. The lowest BCUT2D eigenvalue weighted by Crippen LogP contribution is -2.26. The van der Waals surface area contributed by atoms with Crippen LogP contribution in [0, 0.1) is 0 Å². The molecule has 2 aromatic rings. The second-order valence-corrected chi connectivity index (χ2v) is 8.81. The Morgan fingerprint density at radius 3 is 2.64 bits per heavy atom. The van der Waals surface area contributed by atoms with Crippen LogP contribution in [0.5, 0.6) is 0 Å². The number of para-hydroxylation sites is 1. The Hall–Kier alpha value is -1.10. The van der Waals surface area contributed by atoms with Crippen molar-refractivity contribution in [1.29, 1.82) is 0 Å². The fourth-order valence-electron chi connectivity index (χ4n) is 3.09. The van der Waals surface area contributed by atoms with Gasteiger partial charge in [-0.15, -0.1) is 0 Å². The average Bonchev–Trinajstić information content (AvgIpc) is 2.60. The van der Waals surface area contributed by atoms with Gasteiger partial charge < -0.3 is 9.64 Å². The molecule has 2 aromatic carbocycles. The molecule has 1 saturated heterocycles. The summed E-state index contributed by atoms with van der Waals surface area (Å²) in [5.41, 5.74) is 2.69. The predicted octanol–water partition coefficient (Wildman–Crippen LogP) is 4.32. The zero-order valence-corrected chi connectivity index (χ0v) is 14.4. The van der Waals surface area contributed by atoms with E-state index in [0.717, 1.165) is 19.8 Å². The molecule has 0 spiro atoms. The fraction of sp³-hybridized carbons (Fsp3) is 0.333. The van der Waals surface area contributed by atoms with E-state index in [9.17, 15) is 0 Å². The van der Waals surface area contributed by atoms with Crippen LogP contribution in [0.3, 0.4) is 0 Å². The SMILES string of the molecule is CCN1c2ccccc2Sc2cc([S+]3CCOCC3)ccc21. The van der Waals surface area contributed by atoms with Crippen molar-refractivity contribution < 1.29 is 4.74 Å². The quantitative estimate of drug-likeness (QED) is 0.761. The maximum atomic E-state index is 5.51. The molecular formula is C18H20NOS2+. The second-order valence-electron chi connectivity index (χ2n) is 5.46. The van der Waals surface area contributed by atoms with Crippen molar-refractivity contribution >= 4 is 34.0 Å². The third-order valence-corrected chi connectivity index (χ3v) is 7.55. The molecule has 22 heavy (non-hydrogen) atoms. The molecule has 0 N–H and O–H groups in total. The highest BCUT2D eigenvalue weighted by Crippen LogP contribution is 2.48. The topological polar surface area (TPSA) is 12.5 Å². The summed E-state index contributed by atoms with van der Waals surface area (Å²) in [6, 6.07) is 15.8. The van der Waals surface area contributed by atoms with Crippen LogP contribution in [0.25, 0.3) is 0 Å². The van der Waals surface area contributed by atoms with E-state index in [1.165, 1.54) is 37.6 Å². The minimum absolute atomic E-state index is 0.366. The first-order chi connectivity index (χ1) is 10.9. The molecule has 114 valence electrons. The Morgan fingerprint density at radius 1 is 1.05 bits per heavy atom. The summed E-state index contributed by atoms with van der Waals surface area (Å²) >= 11 is 1.91. The molecule has 2 heterocycles. The normalized spacial score (nSPS) is 18.0. The van der Waals surface area contributed by atoms with Crippen LogP contribution in [0.4, 0.5) is 11.4 Å². The van der Waals surface area contributed by atoms with E-state index in [4.69, 9.17) is 4.74 Å². The molecule has 2 nitrogen and oxygen atoms in total. The highest BCUT2D eigenvalue weighted by Gasteiger charge is 2.28. The Kier molecular flexibility index (Phi) is 4.07. The molecule has 2 aliphatic rings. The molecule has 2 aliphatic heterocycles. The van der Waals surface area contributed by atoms with Crippen LogP contribution < -0.4 is 4.90 Å². The van der Waals surface area contributed by atoms with Gasteiger partial charge in [0.2, 0.25) is 0 Å². The van der Waals surface area contributed by atoms with Gasteiger partial charge in [0.05, 0.1) is 24.6 Å². The third kappa shape index (κ3) is 2.53. The molecule has 0 unspecified atom stereocenters. The van der Waals surface area contributed by atoms with Crippen molar-refractivity contribution in [3.63, 3.8) is 0 Å². The lowest BCUT2D eigenvalue weighted by molar-refractivity contribution is 0.159. The lowest BCUT2D eigenvalue weighted by atomic mass is 10.2. The van der Waals surface area contributed by atoms with Crippen LogP contribution in [0.1, 0.15) is 6.92 Å². The molecular weight excluding hydrogens is 310 g/mol. The fourth-order valence-corrected chi connectivity index (χ4v) is 6.16. The molecule has 0 bridgehead atoms. The van der Waals surface area contributed by atoms with Crippen molar-refractivity contribution in [3.05, 3.63) is 42.5 Å². The van der Waals surface area contributed by atoms with Crippen LogP contribution >= 0.6 is 11.8 Å². The first kappa shape index (κ1) is 14.5. The number of benzene rings is 2. The summed E-state index contributed by atoms with van der Waals surface area (Å²) in [6.07, 6.45) is 0. The Bertz CT molecular complexity index is 683. The van der Waals surface area contributed by atoms with Gasteiger partial charge in [-0.2, -0.15) is 0 Å². The van der Waals surface area contributed by atoms with E-state index in [2.05, 4.69) is 54.3 Å². The molecule has 0 aromatic heterocycles. The summed E-state index contributed by atoms with van der Waals surface area (Å²) < 4.78 is 5.51. The molecule has 0 atom stereocenters. The molecule has 4 heteroatoms. The Morgan fingerprint density at radius 2 is 1.82 bits per heavy atom. The summed E-state index contributed by atoms with van der Waals surface area (Å²) in [7, 11) is 0.366. The zero-order valence-electron chi connectivity index (χ0n) is 12.7. The highest BCUT2D eigenvalue weighted by atomic mass is 32.2. The highest BCUT2D eigenvalue weighted by molar-refractivity contribution is 8.00. The number of fused-ring (bicyclic) bond motifs is 2. The van der Waals surface area contributed by atoms with Crippen LogP contribution in [0.2, 0.25) is 0 Å². The summed E-state index contributed by atoms with van der Waals surface area (Å²) in [4.78, 5) is 6.70. The molecule has 1 fully saturated rings. The number of anilines is 2. The van der Waals surface area contributed by atoms with Crippen molar-refractivity contribution in [2.45, 2.75) is 21.6 Å². The van der Waals surface area contributed by atoms with E-state index in [1.54, 1.807) is 0 Å². The maximum absolute atomic E-state index is 5.51. The number of nitrogens with zero attached hydrogens (tertiary/aromatic N) is 1. The molecule has 4 rings (SSSR count). The van der Waals surface area contributed by atoms with Gasteiger partial charge >= 0.3 is 0 Å². The smallest absolute Gasteiger partial charge is 0.156 e. The van der Waals surface area contributed by atoms with Gasteiger partial charge in [-0.3, -0.25) is 0 Å². The molecule has 0 amide bonds. The van der Waals surface area contributed by atoms with E-state index in [-0.39, 0.29) is 0 Å². The number of hydrogen-bond donors (Lipinski definition) is 0. The Balaban J connectivity index is 1.72. The van der Waals surface area contributed by atoms with E-state index >= 15 is 0 Å². The van der Waals surface area contributed by atoms with Gasteiger partial charge in [0, 0.05) is 33.3 Å². The van der Waals surface area contributed by atoms with Gasteiger partial charge in [-0.1, -0.05) is 23.9 Å². The van der Waals surface area contributed by atoms with Gasteiger partial charge in [0.25, 0.3) is 0 Å². The summed E-state index contributed by atoms with van der Waals surface area (Å²) in [5.74, 6) is 2.36. The molecule has 0 aliphatic carbocycles. The van der Waals surface area contributed by atoms with Crippen molar-refractivity contribution in [3.8, 4) is 0 Å². The number of ether oxygens (including phenoxy) is 1. The standard InChI is InChI=1S/C18H20NOS2/c1-2-19-15-5-3-4-6-17(15)21-18-13-14(7-8-16(18)19)22-11-9-20-10-12-22/h3-8,13H,2,9-12H2,1H3/q+1. The minimum Gasteiger partial charge on any atom is -0.372 e. The van der Waals surface area contributed by atoms with Crippen molar-refractivity contribution in [2.24, 2.45) is 0 Å². The lowest BCUT2D eigenvalue weighted by Gasteiger charge is -2.32.